The second-order valence-electron chi connectivity index (χ2n) is 4.39. The molecule has 0 spiro atoms. The zero-order valence-electron chi connectivity index (χ0n) is 9.73. The maximum atomic E-state index is 11.9. The van der Waals surface area contributed by atoms with Gasteiger partial charge in [-0.2, -0.15) is 5.26 Å². The Labute approximate surface area is 101 Å². The molecule has 2 N–H and O–H groups in total. The molecule has 0 aromatic heterocycles. The maximum Gasteiger partial charge on any atom is 0.227 e. The lowest BCUT2D eigenvalue weighted by Crippen LogP contribution is -2.48. The number of carbonyl (C=O) groups excluding carboxylic acids is 1. The molecule has 0 radical (unpaired) electrons. The molecule has 4 heteroatoms. The van der Waals surface area contributed by atoms with E-state index in [1.807, 2.05) is 13.0 Å². The van der Waals surface area contributed by atoms with Crippen molar-refractivity contribution < 1.29 is 4.79 Å². The van der Waals surface area contributed by atoms with Gasteiger partial charge in [-0.25, -0.2) is 0 Å². The molecule has 88 valence electrons. The summed E-state index contributed by atoms with van der Waals surface area (Å²) in [6.45, 7) is 3.79. The van der Waals surface area contributed by atoms with Crippen LogP contribution in [-0.2, 0) is 4.79 Å². The van der Waals surface area contributed by atoms with Crippen molar-refractivity contribution >= 4 is 11.6 Å². The number of nitriles is 1. The number of carbonyl (C=O) groups is 1. The summed E-state index contributed by atoms with van der Waals surface area (Å²) in [4.78, 5) is 11.9. The van der Waals surface area contributed by atoms with Gasteiger partial charge in [0.2, 0.25) is 5.91 Å². The summed E-state index contributed by atoms with van der Waals surface area (Å²) < 4.78 is 0. The van der Waals surface area contributed by atoms with Crippen molar-refractivity contribution in [2.75, 3.05) is 18.4 Å². The predicted molar refractivity (Wildman–Crippen MR) is 65.3 cm³/mol. The van der Waals surface area contributed by atoms with Crippen LogP contribution in [0.1, 0.15) is 12.5 Å². The highest BCUT2D eigenvalue weighted by Gasteiger charge is 2.28. The lowest BCUT2D eigenvalue weighted by atomic mass is 9.88. The molecule has 0 bridgehead atoms. The second kappa shape index (κ2) is 4.98. The molecule has 1 saturated heterocycles. The van der Waals surface area contributed by atoms with Crippen molar-refractivity contribution in [1.29, 1.82) is 5.26 Å². The standard InChI is InChI=1S/C13H15N3O/c1-9(11-7-15-8-11)13(17)16-12-4-2-10(6-14)3-5-12/h2-5,9,11,15H,7-8H2,1H3,(H,16,17). The van der Waals surface area contributed by atoms with Gasteiger partial charge in [0.15, 0.2) is 0 Å². The van der Waals surface area contributed by atoms with Gasteiger partial charge >= 0.3 is 0 Å². The van der Waals surface area contributed by atoms with Gasteiger partial charge in [-0.05, 0) is 43.3 Å². The molecule has 1 unspecified atom stereocenters. The van der Waals surface area contributed by atoms with Crippen LogP contribution >= 0.6 is 0 Å². The highest BCUT2D eigenvalue weighted by molar-refractivity contribution is 5.92. The van der Waals surface area contributed by atoms with Crippen LogP contribution in [0.25, 0.3) is 0 Å². The van der Waals surface area contributed by atoms with Crippen molar-refractivity contribution in [3.8, 4) is 6.07 Å². The van der Waals surface area contributed by atoms with Crippen LogP contribution < -0.4 is 10.6 Å². The Morgan fingerprint density at radius 2 is 2.12 bits per heavy atom. The van der Waals surface area contributed by atoms with Gasteiger partial charge in [-0.15, -0.1) is 0 Å². The molecule has 1 aliphatic rings. The third-order valence-corrected chi connectivity index (χ3v) is 3.22. The van der Waals surface area contributed by atoms with Crippen LogP contribution in [0.3, 0.4) is 0 Å². The first-order valence-corrected chi connectivity index (χ1v) is 5.72. The number of anilines is 1. The maximum absolute atomic E-state index is 11.9. The summed E-state index contributed by atoms with van der Waals surface area (Å²) in [6, 6.07) is 8.95. The zero-order valence-corrected chi connectivity index (χ0v) is 9.73. The van der Waals surface area contributed by atoms with E-state index in [9.17, 15) is 4.79 Å². The molecule has 0 saturated carbocycles. The lowest BCUT2D eigenvalue weighted by molar-refractivity contribution is -0.121. The number of rotatable bonds is 3. The molecular weight excluding hydrogens is 214 g/mol. The van der Waals surface area contributed by atoms with Crippen LogP contribution in [0, 0.1) is 23.2 Å². The molecule has 4 nitrogen and oxygen atoms in total. The number of amides is 1. The van der Waals surface area contributed by atoms with Crippen molar-refractivity contribution in [2.24, 2.45) is 11.8 Å². The fraction of sp³-hybridized carbons (Fsp3) is 0.385. The van der Waals surface area contributed by atoms with Gasteiger partial charge in [0.1, 0.15) is 0 Å². The average molecular weight is 229 g/mol. The predicted octanol–water partition coefficient (Wildman–Crippen LogP) is 1.35. The summed E-state index contributed by atoms with van der Waals surface area (Å²) >= 11 is 0. The van der Waals surface area contributed by atoms with Gasteiger partial charge in [-0.3, -0.25) is 4.79 Å². The molecule has 1 aromatic rings. The van der Waals surface area contributed by atoms with Gasteiger partial charge in [0, 0.05) is 11.6 Å². The highest BCUT2D eigenvalue weighted by atomic mass is 16.1. The first-order chi connectivity index (χ1) is 8.20. The van der Waals surface area contributed by atoms with Gasteiger partial charge in [0.25, 0.3) is 0 Å². The van der Waals surface area contributed by atoms with Crippen LogP contribution in [0.15, 0.2) is 24.3 Å². The van der Waals surface area contributed by atoms with E-state index in [4.69, 9.17) is 5.26 Å². The van der Waals surface area contributed by atoms with Crippen molar-refractivity contribution in [1.82, 2.24) is 5.32 Å². The molecule has 0 aliphatic carbocycles. The van der Waals surface area contributed by atoms with Gasteiger partial charge < -0.3 is 10.6 Å². The number of hydrogen-bond acceptors (Lipinski definition) is 3. The average Bonchev–Trinajstić information content (AvgIpc) is 2.27. The minimum absolute atomic E-state index is 0.0203. The Kier molecular flexibility index (Phi) is 3.40. The number of benzene rings is 1. The Hall–Kier alpha value is -1.86. The number of nitrogens with one attached hydrogen (secondary N) is 2. The highest BCUT2D eigenvalue weighted by Crippen LogP contribution is 2.18. The van der Waals surface area contributed by atoms with Crippen LogP contribution in [0.2, 0.25) is 0 Å². The van der Waals surface area contributed by atoms with Crippen LogP contribution in [0.5, 0.6) is 0 Å². The van der Waals surface area contributed by atoms with E-state index in [-0.39, 0.29) is 11.8 Å². The number of nitrogens with zero attached hydrogens (tertiary/aromatic N) is 1. The fourth-order valence-corrected chi connectivity index (χ4v) is 1.76. The van der Waals surface area contributed by atoms with E-state index in [1.165, 1.54) is 0 Å². The van der Waals surface area contributed by atoms with Crippen molar-refractivity contribution in [2.45, 2.75) is 6.92 Å². The van der Waals surface area contributed by atoms with Crippen LogP contribution in [-0.4, -0.2) is 19.0 Å². The number of hydrogen-bond donors (Lipinski definition) is 2. The van der Waals surface area contributed by atoms with E-state index in [2.05, 4.69) is 10.6 Å². The minimum atomic E-state index is 0.0203. The molecule has 1 aliphatic heterocycles. The summed E-state index contributed by atoms with van der Waals surface area (Å²) in [5, 5.41) is 14.7. The monoisotopic (exact) mass is 229 g/mol. The Balaban J connectivity index is 1.95. The first-order valence-electron chi connectivity index (χ1n) is 5.72. The van der Waals surface area contributed by atoms with Crippen molar-refractivity contribution in [3.05, 3.63) is 29.8 Å². The topological polar surface area (TPSA) is 64.9 Å². The van der Waals surface area contributed by atoms with Gasteiger partial charge in [0.05, 0.1) is 11.6 Å². The third-order valence-electron chi connectivity index (χ3n) is 3.22. The molecular formula is C13H15N3O. The van der Waals surface area contributed by atoms with E-state index in [1.54, 1.807) is 24.3 Å². The Bertz CT molecular complexity index is 443. The molecule has 2 rings (SSSR count). The summed E-state index contributed by atoms with van der Waals surface area (Å²) in [5.74, 6) is 0.501. The minimum Gasteiger partial charge on any atom is -0.326 e. The SMILES string of the molecule is CC(C(=O)Nc1ccc(C#N)cc1)C1CNC1. The quantitative estimate of drug-likeness (QED) is 0.822. The molecule has 1 fully saturated rings. The second-order valence-corrected chi connectivity index (χ2v) is 4.39. The van der Waals surface area contributed by atoms with E-state index < -0.39 is 0 Å². The molecule has 1 aromatic carbocycles. The fourth-order valence-electron chi connectivity index (χ4n) is 1.76. The smallest absolute Gasteiger partial charge is 0.227 e. The van der Waals surface area contributed by atoms with Crippen LogP contribution in [0.4, 0.5) is 5.69 Å². The molecule has 1 heterocycles. The Morgan fingerprint density at radius 1 is 1.47 bits per heavy atom. The largest absolute Gasteiger partial charge is 0.326 e. The van der Waals surface area contributed by atoms with E-state index >= 15 is 0 Å². The lowest BCUT2D eigenvalue weighted by Gasteiger charge is -2.31. The Morgan fingerprint density at radius 3 is 2.59 bits per heavy atom. The van der Waals surface area contributed by atoms with Crippen molar-refractivity contribution in [3.63, 3.8) is 0 Å². The molecule has 1 atom stereocenters. The summed E-state index contributed by atoms with van der Waals surface area (Å²) in [5.41, 5.74) is 1.34. The van der Waals surface area contributed by atoms with E-state index in [0.29, 0.717) is 11.5 Å². The normalized spacial score (nSPS) is 16.7. The third kappa shape index (κ3) is 2.63. The zero-order chi connectivity index (χ0) is 12.3. The van der Waals surface area contributed by atoms with E-state index in [0.717, 1.165) is 18.8 Å². The molecule has 17 heavy (non-hydrogen) atoms. The summed E-state index contributed by atoms with van der Waals surface area (Å²) in [6.07, 6.45) is 0. The molecule has 1 amide bonds. The first kappa shape index (κ1) is 11.6. The van der Waals surface area contributed by atoms with Gasteiger partial charge in [-0.1, -0.05) is 6.92 Å². The summed E-state index contributed by atoms with van der Waals surface area (Å²) in [7, 11) is 0.